The summed E-state index contributed by atoms with van der Waals surface area (Å²) in [7, 11) is 0. The van der Waals surface area contributed by atoms with Crippen LogP contribution >= 0.6 is 15.9 Å². The Hall–Kier alpha value is -1.87. The normalized spacial score (nSPS) is 12.3. The highest BCUT2D eigenvalue weighted by Gasteiger charge is 2.06. The first-order valence-electron chi connectivity index (χ1n) is 6.58. The maximum Gasteiger partial charge on any atom is 0.0542 e. The zero-order valence-corrected chi connectivity index (χ0v) is 12.8. The summed E-state index contributed by atoms with van der Waals surface area (Å²) in [6.07, 6.45) is 3.62. The lowest BCUT2D eigenvalue weighted by Gasteiger charge is -2.16. The summed E-state index contributed by atoms with van der Waals surface area (Å²) >= 11 is 3.44. The van der Waals surface area contributed by atoms with Crippen LogP contribution in [-0.2, 0) is 0 Å². The van der Waals surface area contributed by atoms with Gasteiger partial charge in [-0.1, -0.05) is 36.4 Å². The van der Waals surface area contributed by atoms with Gasteiger partial charge in [0.05, 0.1) is 11.9 Å². The van der Waals surface area contributed by atoms with E-state index in [1.165, 1.54) is 16.3 Å². The topological polar surface area (TPSA) is 24.9 Å². The van der Waals surface area contributed by atoms with Gasteiger partial charge in [-0.05, 0) is 51.3 Å². The fourth-order valence-corrected chi connectivity index (χ4v) is 2.67. The number of nitrogens with zero attached hydrogens (tertiary/aromatic N) is 1. The SMILES string of the molecule is CC(Nc1cncc(Br)c1)c1ccc2ccccc2c1. The Morgan fingerprint density at radius 2 is 1.80 bits per heavy atom. The van der Waals surface area contributed by atoms with Gasteiger partial charge in [-0.25, -0.2) is 0 Å². The number of fused-ring (bicyclic) bond motifs is 1. The molecule has 0 spiro atoms. The summed E-state index contributed by atoms with van der Waals surface area (Å²) in [5.41, 5.74) is 2.28. The second-order valence-corrected chi connectivity index (χ2v) is 5.78. The number of benzene rings is 2. The molecule has 0 aliphatic carbocycles. The fourth-order valence-electron chi connectivity index (χ4n) is 2.30. The lowest BCUT2D eigenvalue weighted by molar-refractivity contribution is 0.884. The van der Waals surface area contributed by atoms with Crippen LogP contribution in [0.3, 0.4) is 0 Å². The van der Waals surface area contributed by atoms with Crippen LogP contribution in [0.15, 0.2) is 65.4 Å². The molecule has 0 aliphatic heterocycles. The zero-order valence-electron chi connectivity index (χ0n) is 11.2. The first kappa shape index (κ1) is 13.1. The van der Waals surface area contributed by atoms with E-state index < -0.39 is 0 Å². The van der Waals surface area contributed by atoms with Gasteiger partial charge >= 0.3 is 0 Å². The molecule has 0 amide bonds. The second-order valence-electron chi connectivity index (χ2n) is 4.86. The minimum atomic E-state index is 0.232. The lowest BCUT2D eigenvalue weighted by Crippen LogP contribution is -2.06. The lowest BCUT2D eigenvalue weighted by atomic mass is 10.0. The molecule has 0 saturated carbocycles. The molecule has 0 aliphatic rings. The van der Waals surface area contributed by atoms with Gasteiger partial charge in [0.15, 0.2) is 0 Å². The molecular weight excluding hydrogens is 312 g/mol. The van der Waals surface area contributed by atoms with Crippen molar-refractivity contribution in [2.45, 2.75) is 13.0 Å². The van der Waals surface area contributed by atoms with Crippen molar-refractivity contribution in [1.29, 1.82) is 0 Å². The van der Waals surface area contributed by atoms with Crippen LogP contribution in [0.4, 0.5) is 5.69 Å². The molecule has 0 fully saturated rings. The van der Waals surface area contributed by atoms with E-state index in [0.717, 1.165) is 10.2 Å². The van der Waals surface area contributed by atoms with Gasteiger partial charge in [-0.3, -0.25) is 4.98 Å². The molecule has 0 radical (unpaired) electrons. The monoisotopic (exact) mass is 326 g/mol. The van der Waals surface area contributed by atoms with Crippen LogP contribution in [0.25, 0.3) is 10.8 Å². The van der Waals surface area contributed by atoms with Crippen molar-refractivity contribution >= 4 is 32.4 Å². The molecular formula is C17H15BrN2. The predicted molar refractivity (Wildman–Crippen MR) is 87.9 cm³/mol. The molecule has 1 unspecified atom stereocenters. The second kappa shape index (κ2) is 5.63. The molecule has 1 atom stereocenters. The van der Waals surface area contributed by atoms with Crippen LogP contribution < -0.4 is 5.32 Å². The number of rotatable bonds is 3. The Balaban J connectivity index is 1.86. The first-order chi connectivity index (χ1) is 9.72. The number of nitrogens with one attached hydrogen (secondary N) is 1. The van der Waals surface area contributed by atoms with Crippen molar-refractivity contribution in [3.63, 3.8) is 0 Å². The number of halogens is 1. The molecule has 1 aromatic heterocycles. The molecule has 3 aromatic rings. The van der Waals surface area contributed by atoms with Crippen LogP contribution in [0.5, 0.6) is 0 Å². The van der Waals surface area contributed by atoms with Crippen molar-refractivity contribution < 1.29 is 0 Å². The quantitative estimate of drug-likeness (QED) is 0.718. The van der Waals surface area contributed by atoms with Crippen LogP contribution in [0, 0.1) is 0 Å². The van der Waals surface area contributed by atoms with E-state index in [0.29, 0.717) is 0 Å². The largest absolute Gasteiger partial charge is 0.377 e. The Kier molecular flexibility index (Phi) is 3.70. The molecule has 100 valence electrons. The van der Waals surface area contributed by atoms with E-state index in [-0.39, 0.29) is 6.04 Å². The molecule has 2 nitrogen and oxygen atoms in total. The van der Waals surface area contributed by atoms with Crippen LogP contribution in [0.2, 0.25) is 0 Å². The van der Waals surface area contributed by atoms with Gasteiger partial charge in [-0.2, -0.15) is 0 Å². The van der Waals surface area contributed by atoms with Crippen LogP contribution in [-0.4, -0.2) is 4.98 Å². The van der Waals surface area contributed by atoms with E-state index in [1.807, 2.05) is 12.3 Å². The number of anilines is 1. The maximum absolute atomic E-state index is 4.17. The summed E-state index contributed by atoms with van der Waals surface area (Å²) in [5, 5.41) is 6.01. The van der Waals surface area contributed by atoms with Crippen LogP contribution in [0.1, 0.15) is 18.5 Å². The van der Waals surface area contributed by atoms with E-state index in [9.17, 15) is 0 Å². The molecule has 2 aromatic carbocycles. The van der Waals surface area contributed by atoms with Gasteiger partial charge < -0.3 is 5.32 Å². The summed E-state index contributed by atoms with van der Waals surface area (Å²) in [5.74, 6) is 0. The minimum Gasteiger partial charge on any atom is -0.377 e. The zero-order chi connectivity index (χ0) is 13.9. The summed E-state index contributed by atoms with van der Waals surface area (Å²) in [6.45, 7) is 2.16. The van der Waals surface area contributed by atoms with E-state index >= 15 is 0 Å². The van der Waals surface area contributed by atoms with Crippen molar-refractivity contribution in [1.82, 2.24) is 4.98 Å². The summed E-state index contributed by atoms with van der Waals surface area (Å²) < 4.78 is 0.980. The van der Waals surface area contributed by atoms with Gasteiger partial charge in [0.25, 0.3) is 0 Å². The molecule has 0 bridgehead atoms. The Morgan fingerprint density at radius 1 is 1.00 bits per heavy atom. The summed E-state index contributed by atoms with van der Waals surface area (Å²) in [4.78, 5) is 4.17. The highest BCUT2D eigenvalue weighted by molar-refractivity contribution is 9.10. The molecule has 3 heteroatoms. The smallest absolute Gasteiger partial charge is 0.0542 e. The molecule has 0 saturated heterocycles. The van der Waals surface area contributed by atoms with E-state index in [1.54, 1.807) is 6.20 Å². The molecule has 1 heterocycles. The Labute approximate surface area is 127 Å². The highest BCUT2D eigenvalue weighted by Crippen LogP contribution is 2.24. The molecule has 1 N–H and O–H groups in total. The van der Waals surface area contributed by atoms with Crippen molar-refractivity contribution in [2.24, 2.45) is 0 Å². The summed E-state index contributed by atoms with van der Waals surface area (Å²) in [6, 6.07) is 17.3. The van der Waals surface area contributed by atoms with E-state index in [2.05, 4.69) is 75.6 Å². The molecule has 3 rings (SSSR count). The van der Waals surface area contributed by atoms with Crippen molar-refractivity contribution in [2.75, 3.05) is 5.32 Å². The number of hydrogen-bond donors (Lipinski definition) is 1. The third-order valence-corrected chi connectivity index (χ3v) is 3.80. The van der Waals surface area contributed by atoms with Gasteiger partial charge in [0.2, 0.25) is 0 Å². The van der Waals surface area contributed by atoms with Gasteiger partial charge in [-0.15, -0.1) is 0 Å². The van der Waals surface area contributed by atoms with E-state index in [4.69, 9.17) is 0 Å². The van der Waals surface area contributed by atoms with Crippen molar-refractivity contribution in [3.05, 3.63) is 71.0 Å². The third kappa shape index (κ3) is 2.83. The Bertz CT molecular complexity index is 740. The minimum absolute atomic E-state index is 0.232. The standard InChI is InChI=1S/C17H15BrN2/c1-12(20-17-9-16(18)10-19-11-17)14-7-6-13-4-2-3-5-15(13)8-14/h2-12,20H,1H3. The number of pyridine rings is 1. The van der Waals surface area contributed by atoms with Gasteiger partial charge in [0, 0.05) is 16.7 Å². The van der Waals surface area contributed by atoms with Gasteiger partial charge in [0.1, 0.15) is 0 Å². The van der Waals surface area contributed by atoms with Crippen molar-refractivity contribution in [3.8, 4) is 0 Å². The third-order valence-electron chi connectivity index (χ3n) is 3.36. The maximum atomic E-state index is 4.17. The average molecular weight is 327 g/mol. The highest BCUT2D eigenvalue weighted by atomic mass is 79.9. The fraction of sp³-hybridized carbons (Fsp3) is 0.118. The Morgan fingerprint density at radius 3 is 2.60 bits per heavy atom. The predicted octanol–water partition coefficient (Wildman–Crippen LogP) is 5.17. The number of hydrogen-bond acceptors (Lipinski definition) is 2. The first-order valence-corrected chi connectivity index (χ1v) is 7.37. The number of aromatic nitrogens is 1. The average Bonchev–Trinajstić information content (AvgIpc) is 2.47. The molecule has 20 heavy (non-hydrogen) atoms.